The molecule has 1 heterocycles. The number of amides is 1. The first-order chi connectivity index (χ1) is 11.5. The summed E-state index contributed by atoms with van der Waals surface area (Å²) in [6, 6.07) is 4.56. The summed E-state index contributed by atoms with van der Waals surface area (Å²) < 4.78 is 42.9. The second-order valence-electron chi connectivity index (χ2n) is 5.81. The first-order valence-electron chi connectivity index (χ1n) is 7.97. The van der Waals surface area contributed by atoms with Crippen molar-refractivity contribution in [3.63, 3.8) is 0 Å². The van der Waals surface area contributed by atoms with Crippen LogP contribution in [0.25, 0.3) is 0 Å². The fourth-order valence-corrected chi connectivity index (χ4v) is 3.17. The van der Waals surface area contributed by atoms with Gasteiger partial charge >= 0.3 is 0 Å². The number of ether oxygens (including phenoxy) is 1. The molecule has 0 bridgehead atoms. The summed E-state index contributed by atoms with van der Waals surface area (Å²) in [6.07, 6.45) is 1.80. The molecule has 0 aliphatic carbocycles. The van der Waals surface area contributed by atoms with Crippen molar-refractivity contribution in [1.82, 2.24) is 10.0 Å². The van der Waals surface area contributed by atoms with Crippen LogP contribution < -0.4 is 10.0 Å². The van der Waals surface area contributed by atoms with Gasteiger partial charge in [-0.25, -0.2) is 9.11 Å². The highest BCUT2D eigenvalue weighted by Crippen LogP contribution is 2.36. The largest absolute Gasteiger partial charge is 0.760 e. The van der Waals surface area contributed by atoms with E-state index in [1.165, 1.54) is 12.1 Å². The van der Waals surface area contributed by atoms with E-state index >= 15 is 0 Å². The quantitative estimate of drug-likeness (QED) is 0.720. The van der Waals surface area contributed by atoms with Crippen molar-refractivity contribution in [3.8, 4) is 0 Å². The van der Waals surface area contributed by atoms with Gasteiger partial charge in [0.15, 0.2) is 0 Å². The van der Waals surface area contributed by atoms with Crippen LogP contribution in [-0.2, 0) is 32.8 Å². The molecule has 2 rings (SSSR count). The van der Waals surface area contributed by atoms with Crippen molar-refractivity contribution in [3.05, 3.63) is 35.1 Å². The molecule has 2 N–H and O–H groups in total. The Balaban J connectivity index is 2.27. The van der Waals surface area contributed by atoms with Crippen LogP contribution in [0.15, 0.2) is 18.2 Å². The first kappa shape index (κ1) is 19.0. The molecule has 0 radical (unpaired) electrons. The van der Waals surface area contributed by atoms with Crippen LogP contribution in [0.3, 0.4) is 0 Å². The molecule has 0 spiro atoms. The van der Waals surface area contributed by atoms with Crippen molar-refractivity contribution < 1.29 is 22.7 Å². The lowest BCUT2D eigenvalue weighted by Gasteiger charge is -2.36. The van der Waals surface area contributed by atoms with Crippen molar-refractivity contribution >= 4 is 17.2 Å². The highest BCUT2D eigenvalue weighted by Gasteiger charge is 2.41. The Labute approximate surface area is 143 Å². The molecule has 0 aromatic heterocycles. The van der Waals surface area contributed by atoms with Crippen LogP contribution in [0.4, 0.5) is 4.39 Å². The lowest BCUT2D eigenvalue weighted by Crippen LogP contribution is -2.48. The highest BCUT2D eigenvalue weighted by atomic mass is 32.2. The maximum atomic E-state index is 14.3. The molecule has 1 aromatic carbocycles. The number of hydrogen-bond acceptors (Lipinski definition) is 4. The van der Waals surface area contributed by atoms with E-state index in [1.54, 1.807) is 6.07 Å². The summed E-state index contributed by atoms with van der Waals surface area (Å²) in [7, 11) is 0. The van der Waals surface area contributed by atoms with Crippen molar-refractivity contribution in [2.45, 2.75) is 38.1 Å². The molecule has 1 unspecified atom stereocenters. The van der Waals surface area contributed by atoms with Crippen molar-refractivity contribution in [2.24, 2.45) is 0 Å². The number of halogens is 1. The first-order valence-corrected chi connectivity index (χ1v) is 9.05. The predicted octanol–water partition coefficient (Wildman–Crippen LogP) is 1.28. The molecule has 0 saturated carbocycles. The van der Waals surface area contributed by atoms with E-state index in [9.17, 15) is 17.9 Å². The summed E-state index contributed by atoms with van der Waals surface area (Å²) in [4.78, 5) is 12.7. The van der Waals surface area contributed by atoms with E-state index in [1.807, 2.05) is 6.92 Å². The van der Waals surface area contributed by atoms with Gasteiger partial charge < -0.3 is 14.6 Å². The van der Waals surface area contributed by atoms with Gasteiger partial charge in [-0.05, 0) is 30.9 Å². The zero-order chi connectivity index (χ0) is 17.6. The van der Waals surface area contributed by atoms with E-state index in [-0.39, 0.29) is 18.0 Å². The Kier molecular flexibility index (Phi) is 6.85. The standard InChI is InChI=1S/C16H23FN2O4S/c1-2-7-18-15(20)16(5-8-23-9-6-16)13-4-3-12(14(17)10-13)11-19-24(21)22/h3-4,10,19H,2,5-9,11H2,1H3,(H,18,20)(H,21,22)/p-1. The summed E-state index contributed by atoms with van der Waals surface area (Å²) in [5, 5.41) is 2.90. The Morgan fingerprint density at radius 3 is 2.71 bits per heavy atom. The fraction of sp³-hybridized carbons (Fsp3) is 0.562. The molecule has 6 nitrogen and oxygen atoms in total. The third kappa shape index (κ3) is 4.38. The summed E-state index contributed by atoms with van der Waals surface area (Å²) in [5.41, 5.74) is 0.0321. The van der Waals surface area contributed by atoms with Crippen molar-refractivity contribution in [1.29, 1.82) is 0 Å². The van der Waals surface area contributed by atoms with E-state index in [4.69, 9.17) is 4.74 Å². The summed E-state index contributed by atoms with van der Waals surface area (Å²) >= 11 is -2.45. The Morgan fingerprint density at radius 2 is 2.12 bits per heavy atom. The minimum Gasteiger partial charge on any atom is -0.760 e. The molecule has 1 aliphatic rings. The molecule has 8 heteroatoms. The van der Waals surface area contributed by atoms with Crippen LogP contribution in [0.2, 0.25) is 0 Å². The van der Waals surface area contributed by atoms with Gasteiger partial charge in [0.2, 0.25) is 5.91 Å². The van der Waals surface area contributed by atoms with Gasteiger partial charge in [0, 0.05) is 43.1 Å². The molecule has 1 fully saturated rings. The summed E-state index contributed by atoms with van der Waals surface area (Å²) in [5.74, 6) is -0.641. The molecule has 1 aliphatic heterocycles. The third-order valence-corrected chi connectivity index (χ3v) is 4.68. The lowest BCUT2D eigenvalue weighted by molar-refractivity contribution is -0.130. The van der Waals surface area contributed by atoms with E-state index < -0.39 is 22.5 Å². The van der Waals surface area contributed by atoms with Gasteiger partial charge in [0.05, 0.1) is 5.41 Å². The number of benzene rings is 1. The molecule has 1 amide bonds. The lowest BCUT2D eigenvalue weighted by atomic mass is 9.73. The normalized spacial score (nSPS) is 18.1. The maximum Gasteiger partial charge on any atom is 0.230 e. The van der Waals surface area contributed by atoms with Crippen LogP contribution in [-0.4, -0.2) is 34.4 Å². The predicted molar refractivity (Wildman–Crippen MR) is 87.2 cm³/mol. The maximum absolute atomic E-state index is 14.3. The van der Waals surface area contributed by atoms with Crippen molar-refractivity contribution in [2.75, 3.05) is 19.8 Å². The number of rotatable bonds is 7. The van der Waals surface area contributed by atoms with Gasteiger partial charge in [-0.2, -0.15) is 0 Å². The third-order valence-electron chi connectivity index (χ3n) is 4.30. The molecule has 24 heavy (non-hydrogen) atoms. The Bertz CT molecular complexity index is 606. The molecular formula is C16H22FN2O4S-. The zero-order valence-corrected chi connectivity index (χ0v) is 14.4. The Hall–Kier alpha value is -1.35. The molecular weight excluding hydrogens is 335 g/mol. The molecule has 1 saturated heterocycles. The van der Waals surface area contributed by atoms with Crippen LogP contribution in [0.1, 0.15) is 37.3 Å². The van der Waals surface area contributed by atoms with Crippen LogP contribution in [0, 0.1) is 5.82 Å². The number of nitrogens with one attached hydrogen (secondary N) is 2. The average molecular weight is 357 g/mol. The van der Waals surface area contributed by atoms with E-state index in [2.05, 4.69) is 10.0 Å². The van der Waals surface area contributed by atoms with E-state index in [0.29, 0.717) is 38.2 Å². The zero-order valence-electron chi connectivity index (χ0n) is 13.6. The average Bonchev–Trinajstić information content (AvgIpc) is 2.58. The van der Waals surface area contributed by atoms with Gasteiger partial charge in [0.25, 0.3) is 0 Å². The van der Waals surface area contributed by atoms with Crippen LogP contribution in [0.5, 0.6) is 0 Å². The van der Waals surface area contributed by atoms with Gasteiger partial charge in [0.1, 0.15) is 5.82 Å². The highest BCUT2D eigenvalue weighted by molar-refractivity contribution is 7.77. The van der Waals surface area contributed by atoms with E-state index in [0.717, 1.165) is 6.42 Å². The fourth-order valence-electron chi connectivity index (χ4n) is 2.90. The SMILES string of the molecule is CCCNC(=O)C1(c2ccc(CNS(=O)[O-])c(F)c2)CCOCC1. The van der Waals surface area contributed by atoms with Gasteiger partial charge in [-0.1, -0.05) is 19.1 Å². The Morgan fingerprint density at radius 1 is 1.42 bits per heavy atom. The number of carbonyl (C=O) groups excluding carboxylic acids is 1. The summed E-state index contributed by atoms with van der Waals surface area (Å²) in [6.45, 7) is 3.30. The molecule has 1 aromatic rings. The van der Waals surface area contributed by atoms with Gasteiger partial charge in [-0.15, -0.1) is 0 Å². The monoisotopic (exact) mass is 357 g/mol. The minimum absolute atomic E-state index is 0.112. The van der Waals surface area contributed by atoms with Crippen LogP contribution >= 0.6 is 0 Å². The number of carbonyl (C=O) groups is 1. The smallest absolute Gasteiger partial charge is 0.230 e. The van der Waals surface area contributed by atoms with Gasteiger partial charge in [-0.3, -0.25) is 9.00 Å². The number of hydrogen-bond donors (Lipinski definition) is 2. The topological polar surface area (TPSA) is 90.5 Å². The minimum atomic E-state index is -2.45. The molecule has 1 atom stereocenters. The molecule has 134 valence electrons. The second kappa shape index (κ2) is 8.66. The second-order valence-corrected chi connectivity index (χ2v) is 6.57.